The van der Waals surface area contributed by atoms with Gasteiger partial charge in [-0.05, 0) is 36.7 Å². The maximum Gasteiger partial charge on any atom is 0.101 e. The molecule has 3 heteroatoms. The molecule has 1 aromatic carbocycles. The smallest absolute Gasteiger partial charge is 0.101 e. The normalized spacial score (nSPS) is 10.5. The number of aromatic nitrogens is 1. The molecule has 2 nitrogen and oxygen atoms in total. The summed E-state index contributed by atoms with van der Waals surface area (Å²) in [6.07, 6.45) is 3.11. The molecule has 1 heterocycles. The van der Waals surface area contributed by atoms with E-state index in [9.17, 15) is 0 Å². The van der Waals surface area contributed by atoms with Gasteiger partial charge in [-0.25, -0.2) is 4.98 Å². The second-order valence-electron chi connectivity index (χ2n) is 4.10. The van der Waals surface area contributed by atoms with Gasteiger partial charge in [-0.3, -0.25) is 0 Å². The van der Waals surface area contributed by atoms with Crippen molar-refractivity contribution in [1.29, 1.82) is 0 Å². The van der Waals surface area contributed by atoms with Crippen LogP contribution in [0.3, 0.4) is 0 Å². The Morgan fingerprint density at radius 3 is 2.61 bits per heavy atom. The van der Waals surface area contributed by atoms with E-state index in [4.69, 9.17) is 0 Å². The van der Waals surface area contributed by atoms with E-state index in [0.29, 0.717) is 0 Å². The molecule has 0 saturated heterocycles. The lowest BCUT2D eigenvalue weighted by Gasteiger charge is -2.04. The second kappa shape index (κ2) is 7.19. The Kier molecular flexibility index (Phi) is 5.24. The molecule has 0 unspecified atom stereocenters. The zero-order chi connectivity index (χ0) is 12.6. The Labute approximate surface area is 113 Å². The van der Waals surface area contributed by atoms with E-state index in [1.54, 1.807) is 11.8 Å². The molecule has 18 heavy (non-hydrogen) atoms. The van der Waals surface area contributed by atoms with E-state index in [-0.39, 0.29) is 0 Å². The predicted octanol–water partition coefficient (Wildman–Crippen LogP) is 3.73. The third-order valence-corrected chi connectivity index (χ3v) is 3.48. The van der Waals surface area contributed by atoms with Gasteiger partial charge in [-0.2, -0.15) is 0 Å². The van der Waals surface area contributed by atoms with E-state index in [2.05, 4.69) is 41.5 Å². The molecule has 0 atom stereocenters. The number of hydrogen-bond donors (Lipinski definition) is 1. The van der Waals surface area contributed by atoms with Crippen molar-refractivity contribution in [2.75, 3.05) is 6.54 Å². The first-order valence-electron chi connectivity index (χ1n) is 6.27. The first kappa shape index (κ1) is 13.1. The van der Waals surface area contributed by atoms with Crippen LogP contribution >= 0.6 is 11.8 Å². The molecule has 0 aliphatic rings. The lowest BCUT2D eigenvalue weighted by atomic mass is 10.3. The maximum absolute atomic E-state index is 4.48. The highest BCUT2D eigenvalue weighted by molar-refractivity contribution is 7.99. The van der Waals surface area contributed by atoms with Crippen LogP contribution in [0.2, 0.25) is 0 Å². The van der Waals surface area contributed by atoms with Gasteiger partial charge < -0.3 is 5.32 Å². The molecule has 0 radical (unpaired) electrons. The van der Waals surface area contributed by atoms with Crippen LogP contribution < -0.4 is 5.32 Å². The average Bonchev–Trinajstić information content (AvgIpc) is 2.42. The van der Waals surface area contributed by atoms with E-state index in [1.165, 1.54) is 10.5 Å². The van der Waals surface area contributed by atoms with Crippen LogP contribution in [0, 0.1) is 0 Å². The molecule has 0 aliphatic carbocycles. The number of nitrogens with zero attached hydrogens (tertiary/aromatic N) is 1. The quantitative estimate of drug-likeness (QED) is 0.799. The van der Waals surface area contributed by atoms with Crippen molar-refractivity contribution in [2.45, 2.75) is 29.8 Å². The van der Waals surface area contributed by atoms with Crippen molar-refractivity contribution >= 4 is 11.8 Å². The largest absolute Gasteiger partial charge is 0.313 e. The Balaban J connectivity index is 1.91. The molecule has 94 valence electrons. The number of nitrogens with one attached hydrogen (secondary N) is 1. The average molecular weight is 258 g/mol. The van der Waals surface area contributed by atoms with Crippen molar-refractivity contribution < 1.29 is 0 Å². The zero-order valence-electron chi connectivity index (χ0n) is 10.6. The van der Waals surface area contributed by atoms with Crippen molar-refractivity contribution in [2.24, 2.45) is 0 Å². The molecule has 1 N–H and O–H groups in total. The number of pyridine rings is 1. The summed E-state index contributed by atoms with van der Waals surface area (Å²) in [6.45, 7) is 4.13. The molecule has 0 bridgehead atoms. The molecule has 0 aliphatic heterocycles. The molecule has 0 fully saturated rings. The van der Waals surface area contributed by atoms with E-state index < -0.39 is 0 Å². The van der Waals surface area contributed by atoms with Gasteiger partial charge >= 0.3 is 0 Å². The van der Waals surface area contributed by atoms with Crippen LogP contribution in [0.5, 0.6) is 0 Å². The monoisotopic (exact) mass is 258 g/mol. The highest BCUT2D eigenvalue weighted by atomic mass is 32.2. The second-order valence-corrected chi connectivity index (χ2v) is 5.19. The summed E-state index contributed by atoms with van der Waals surface area (Å²) in [5, 5.41) is 4.42. The van der Waals surface area contributed by atoms with Gasteiger partial charge in [0.2, 0.25) is 0 Å². The fourth-order valence-electron chi connectivity index (χ4n) is 1.59. The van der Waals surface area contributed by atoms with Crippen molar-refractivity contribution in [3.05, 3.63) is 54.2 Å². The van der Waals surface area contributed by atoms with Gasteiger partial charge in [0.25, 0.3) is 0 Å². The first-order chi connectivity index (χ1) is 8.88. The molecule has 2 rings (SSSR count). The van der Waals surface area contributed by atoms with Gasteiger partial charge in [0.15, 0.2) is 0 Å². The van der Waals surface area contributed by atoms with Gasteiger partial charge in [0.05, 0.1) is 0 Å². The fraction of sp³-hybridized carbons (Fsp3) is 0.267. The minimum Gasteiger partial charge on any atom is -0.313 e. The minimum absolute atomic E-state index is 0.900. The zero-order valence-corrected chi connectivity index (χ0v) is 11.4. The maximum atomic E-state index is 4.48. The van der Waals surface area contributed by atoms with Crippen LogP contribution in [-0.4, -0.2) is 11.5 Å². The van der Waals surface area contributed by atoms with Gasteiger partial charge in [-0.15, -0.1) is 0 Å². The van der Waals surface area contributed by atoms with Crippen molar-refractivity contribution in [3.8, 4) is 0 Å². The van der Waals surface area contributed by atoms with Crippen LogP contribution in [0.25, 0.3) is 0 Å². The van der Waals surface area contributed by atoms with Crippen molar-refractivity contribution in [1.82, 2.24) is 10.3 Å². The Morgan fingerprint density at radius 1 is 1.11 bits per heavy atom. The summed E-state index contributed by atoms with van der Waals surface area (Å²) in [7, 11) is 0. The number of hydrogen-bond acceptors (Lipinski definition) is 3. The van der Waals surface area contributed by atoms with Gasteiger partial charge in [0, 0.05) is 17.6 Å². The molecule has 0 spiro atoms. The fourth-order valence-corrected chi connectivity index (χ4v) is 2.37. The standard InChI is InChI=1S/C15H18N2S/c1-2-10-16-11-13-8-9-15(17-12-13)18-14-6-4-3-5-7-14/h3-9,12,16H,2,10-11H2,1H3. The van der Waals surface area contributed by atoms with E-state index in [0.717, 1.165) is 24.5 Å². The minimum atomic E-state index is 0.900. The van der Waals surface area contributed by atoms with Crippen LogP contribution in [-0.2, 0) is 6.54 Å². The molecular formula is C15H18N2S. The molecule has 1 aromatic heterocycles. The third-order valence-electron chi connectivity index (χ3n) is 2.52. The Morgan fingerprint density at radius 2 is 1.94 bits per heavy atom. The molecule has 0 saturated carbocycles. The number of benzene rings is 1. The SMILES string of the molecule is CCCNCc1ccc(Sc2ccccc2)nc1. The Bertz CT molecular complexity index is 454. The van der Waals surface area contributed by atoms with Gasteiger partial charge in [0.1, 0.15) is 5.03 Å². The van der Waals surface area contributed by atoms with E-state index >= 15 is 0 Å². The first-order valence-corrected chi connectivity index (χ1v) is 7.08. The molecule has 2 aromatic rings. The Hall–Kier alpha value is -1.32. The topological polar surface area (TPSA) is 24.9 Å². The summed E-state index contributed by atoms with van der Waals surface area (Å²) < 4.78 is 0. The lowest BCUT2D eigenvalue weighted by Crippen LogP contribution is -2.13. The third kappa shape index (κ3) is 4.17. The van der Waals surface area contributed by atoms with E-state index in [1.807, 2.05) is 24.4 Å². The van der Waals surface area contributed by atoms with Crippen LogP contribution in [0.15, 0.2) is 58.6 Å². The summed E-state index contributed by atoms with van der Waals surface area (Å²) in [4.78, 5) is 5.70. The highest BCUT2D eigenvalue weighted by Gasteiger charge is 1.98. The lowest BCUT2D eigenvalue weighted by molar-refractivity contribution is 0.673. The van der Waals surface area contributed by atoms with Gasteiger partial charge in [-0.1, -0.05) is 43.0 Å². The van der Waals surface area contributed by atoms with Crippen LogP contribution in [0.4, 0.5) is 0 Å². The summed E-state index contributed by atoms with van der Waals surface area (Å²) in [5.74, 6) is 0. The molecular weight excluding hydrogens is 240 g/mol. The molecule has 0 amide bonds. The summed E-state index contributed by atoms with van der Waals surface area (Å²) in [6, 6.07) is 14.5. The van der Waals surface area contributed by atoms with Crippen molar-refractivity contribution in [3.63, 3.8) is 0 Å². The summed E-state index contributed by atoms with van der Waals surface area (Å²) >= 11 is 1.69. The van der Waals surface area contributed by atoms with Crippen LogP contribution in [0.1, 0.15) is 18.9 Å². The predicted molar refractivity (Wildman–Crippen MR) is 76.8 cm³/mol. The number of rotatable bonds is 6. The highest BCUT2D eigenvalue weighted by Crippen LogP contribution is 2.25. The summed E-state index contributed by atoms with van der Waals surface area (Å²) in [5.41, 5.74) is 1.24.